The molecule has 3 N–H and O–H groups in total. The number of aromatic nitrogens is 4. The van der Waals surface area contributed by atoms with E-state index in [4.69, 9.17) is 10.5 Å². The van der Waals surface area contributed by atoms with Crippen molar-refractivity contribution in [2.24, 2.45) is 0 Å². The predicted molar refractivity (Wildman–Crippen MR) is 147 cm³/mol. The summed E-state index contributed by atoms with van der Waals surface area (Å²) in [7, 11) is 0. The van der Waals surface area contributed by atoms with E-state index >= 15 is 8.78 Å². The van der Waals surface area contributed by atoms with E-state index in [0.29, 0.717) is 23.7 Å². The number of nitrogens with zero attached hydrogens (tertiary/aromatic N) is 5. The van der Waals surface area contributed by atoms with Crippen LogP contribution in [0.25, 0.3) is 16.9 Å². The summed E-state index contributed by atoms with van der Waals surface area (Å²) in [6.07, 6.45) is 3.02. The molecule has 206 valence electrons. The number of benzene rings is 2. The summed E-state index contributed by atoms with van der Waals surface area (Å²) in [5.41, 5.74) is 6.33. The van der Waals surface area contributed by atoms with Crippen molar-refractivity contribution in [1.29, 1.82) is 0 Å². The second-order valence-corrected chi connectivity index (χ2v) is 9.85. The van der Waals surface area contributed by atoms with Crippen molar-refractivity contribution in [3.05, 3.63) is 71.4 Å². The van der Waals surface area contributed by atoms with Gasteiger partial charge in [0.15, 0.2) is 11.5 Å². The molecule has 0 spiro atoms. The highest BCUT2D eigenvalue weighted by molar-refractivity contribution is 5.85. The Kier molecular flexibility index (Phi) is 7.57. The lowest BCUT2D eigenvalue weighted by Gasteiger charge is -2.43. The Morgan fingerprint density at radius 1 is 0.974 bits per heavy atom. The maximum absolute atomic E-state index is 15.7. The number of hydrogen-bond donors (Lipinski definition) is 2. The summed E-state index contributed by atoms with van der Waals surface area (Å²) < 4.78 is 39.7. The highest BCUT2D eigenvalue weighted by Crippen LogP contribution is 2.39. The Hall–Kier alpha value is -3.54. The smallest absolute Gasteiger partial charge is 0.335 e. The number of nitrogens with two attached hydrogens (primary N) is 1. The summed E-state index contributed by atoms with van der Waals surface area (Å²) in [5.74, 6) is -1.84. The minimum absolute atomic E-state index is 0. The van der Waals surface area contributed by atoms with Gasteiger partial charge in [-0.05, 0) is 68.8 Å². The normalized spacial score (nSPS) is 20.0. The molecule has 2 aromatic carbocycles. The number of halogens is 3. The fourth-order valence-corrected chi connectivity index (χ4v) is 5.63. The fourth-order valence-electron chi connectivity index (χ4n) is 5.63. The van der Waals surface area contributed by atoms with E-state index in [2.05, 4.69) is 15.3 Å². The number of anilines is 1. The van der Waals surface area contributed by atoms with Gasteiger partial charge in [0.05, 0.1) is 12.2 Å². The number of imidazole rings is 1. The molecule has 2 aromatic heterocycles. The molecule has 39 heavy (non-hydrogen) atoms. The molecule has 12 heteroatoms. The third-order valence-electron chi connectivity index (χ3n) is 7.48. The first kappa shape index (κ1) is 27.0. The van der Waals surface area contributed by atoms with Gasteiger partial charge in [0.2, 0.25) is 0 Å². The Morgan fingerprint density at radius 2 is 1.67 bits per heavy atom. The largest absolute Gasteiger partial charge is 0.457 e. The SMILES string of the molecule is Cl.Nc1ncnc2c1n(-c1ccc(Oc3ccccc3)cc1)c(=O)n2[C@H]1CCN(C2CCNCC2)CC1(F)F. The molecule has 2 saturated heterocycles. The molecule has 2 aliphatic heterocycles. The molecule has 9 nitrogen and oxygen atoms in total. The van der Waals surface area contributed by atoms with Crippen molar-refractivity contribution in [2.75, 3.05) is 31.9 Å². The van der Waals surface area contributed by atoms with E-state index in [1.54, 1.807) is 24.3 Å². The van der Waals surface area contributed by atoms with Crippen LogP contribution in [0.2, 0.25) is 0 Å². The Labute approximate surface area is 230 Å². The molecular formula is C27H30ClF2N7O2. The molecule has 4 aromatic rings. The van der Waals surface area contributed by atoms with Crippen LogP contribution < -0.4 is 21.5 Å². The van der Waals surface area contributed by atoms with Gasteiger partial charge < -0.3 is 15.8 Å². The van der Waals surface area contributed by atoms with E-state index in [-0.39, 0.29) is 41.9 Å². The number of rotatable bonds is 5. The van der Waals surface area contributed by atoms with Crippen molar-refractivity contribution < 1.29 is 13.5 Å². The molecule has 0 radical (unpaired) electrons. The molecule has 0 saturated carbocycles. The van der Waals surface area contributed by atoms with Crippen LogP contribution >= 0.6 is 12.4 Å². The number of nitrogens with one attached hydrogen (secondary N) is 1. The number of para-hydroxylation sites is 1. The first-order valence-electron chi connectivity index (χ1n) is 12.8. The van der Waals surface area contributed by atoms with Crippen LogP contribution in [0.4, 0.5) is 14.6 Å². The van der Waals surface area contributed by atoms with Crippen LogP contribution in [-0.4, -0.2) is 62.1 Å². The minimum atomic E-state index is -3.13. The molecular weight excluding hydrogens is 528 g/mol. The number of hydrogen-bond acceptors (Lipinski definition) is 7. The number of alkyl halides is 2. The van der Waals surface area contributed by atoms with Gasteiger partial charge in [-0.3, -0.25) is 14.0 Å². The van der Waals surface area contributed by atoms with Crippen LogP contribution in [0.3, 0.4) is 0 Å². The lowest BCUT2D eigenvalue weighted by Crippen LogP contribution is -2.55. The molecule has 0 amide bonds. The van der Waals surface area contributed by atoms with E-state index < -0.39 is 24.2 Å². The quantitative estimate of drug-likeness (QED) is 0.382. The zero-order valence-electron chi connectivity index (χ0n) is 21.2. The van der Waals surface area contributed by atoms with Crippen molar-refractivity contribution >= 4 is 29.4 Å². The van der Waals surface area contributed by atoms with Crippen LogP contribution in [0.15, 0.2) is 65.7 Å². The van der Waals surface area contributed by atoms with Crippen LogP contribution in [0.1, 0.15) is 25.3 Å². The van der Waals surface area contributed by atoms with Crippen molar-refractivity contribution in [1.82, 2.24) is 29.3 Å². The minimum Gasteiger partial charge on any atom is -0.457 e. The summed E-state index contributed by atoms with van der Waals surface area (Å²) in [6, 6.07) is 14.9. The third-order valence-corrected chi connectivity index (χ3v) is 7.48. The first-order chi connectivity index (χ1) is 18.4. The molecule has 0 aliphatic carbocycles. The van der Waals surface area contributed by atoms with Gasteiger partial charge in [0, 0.05) is 12.6 Å². The van der Waals surface area contributed by atoms with Gasteiger partial charge >= 0.3 is 5.69 Å². The van der Waals surface area contributed by atoms with E-state index in [0.717, 1.165) is 30.5 Å². The monoisotopic (exact) mass is 557 g/mol. The molecule has 6 rings (SSSR count). The predicted octanol–water partition coefficient (Wildman–Crippen LogP) is 4.01. The van der Waals surface area contributed by atoms with Gasteiger partial charge in [-0.25, -0.2) is 23.5 Å². The summed E-state index contributed by atoms with van der Waals surface area (Å²) in [6.45, 7) is 1.74. The van der Waals surface area contributed by atoms with Gasteiger partial charge in [0.1, 0.15) is 29.4 Å². The molecule has 2 aliphatic rings. The summed E-state index contributed by atoms with van der Waals surface area (Å²) in [4.78, 5) is 24.0. The molecule has 1 atom stereocenters. The van der Waals surface area contributed by atoms with Crippen LogP contribution in [0, 0.1) is 0 Å². The number of likely N-dealkylation sites (tertiary alicyclic amines) is 1. The average molecular weight is 558 g/mol. The summed E-state index contributed by atoms with van der Waals surface area (Å²) in [5, 5.41) is 3.28. The van der Waals surface area contributed by atoms with Crippen LogP contribution in [0.5, 0.6) is 11.5 Å². The van der Waals surface area contributed by atoms with E-state index in [1.165, 1.54) is 10.9 Å². The molecule has 4 heterocycles. The zero-order chi connectivity index (χ0) is 26.3. The third kappa shape index (κ3) is 5.09. The Bertz CT molecular complexity index is 1490. The molecule has 2 fully saturated rings. The van der Waals surface area contributed by atoms with Gasteiger partial charge in [-0.1, -0.05) is 18.2 Å². The van der Waals surface area contributed by atoms with Gasteiger partial charge in [-0.15, -0.1) is 12.4 Å². The highest BCUT2D eigenvalue weighted by Gasteiger charge is 2.48. The second kappa shape index (κ2) is 10.9. The number of nitrogen functional groups attached to an aromatic ring is 1. The standard InChI is InChI=1S/C27H29F2N7O2.ClH/c28-27(29)16-34(18-10-13-31-14-11-18)15-12-22(27)36-25-23(24(30)32-17-33-25)35(26(36)37)19-6-8-21(9-7-19)38-20-4-2-1-3-5-20;/h1-9,17-18,22,31H,10-16H2,(H2,30,32,33);1H/t22-;/m0./s1. The van der Waals surface area contributed by atoms with Gasteiger partial charge in [0.25, 0.3) is 5.92 Å². The maximum atomic E-state index is 15.7. The van der Waals surface area contributed by atoms with Crippen molar-refractivity contribution in [2.45, 2.75) is 37.3 Å². The lowest BCUT2D eigenvalue weighted by molar-refractivity contribution is -0.114. The van der Waals surface area contributed by atoms with E-state index in [1.807, 2.05) is 35.2 Å². The number of piperidine rings is 2. The summed E-state index contributed by atoms with van der Waals surface area (Å²) >= 11 is 0. The molecule has 0 bridgehead atoms. The zero-order valence-corrected chi connectivity index (χ0v) is 22.0. The Balaban J connectivity index is 0.00000308. The lowest BCUT2D eigenvalue weighted by atomic mass is 9.96. The molecule has 0 unspecified atom stereocenters. The Morgan fingerprint density at radius 3 is 2.36 bits per heavy atom. The van der Waals surface area contributed by atoms with Crippen LogP contribution in [-0.2, 0) is 0 Å². The topological polar surface area (TPSA) is 103 Å². The highest BCUT2D eigenvalue weighted by atomic mass is 35.5. The van der Waals surface area contributed by atoms with E-state index in [9.17, 15) is 4.79 Å². The van der Waals surface area contributed by atoms with Crippen molar-refractivity contribution in [3.63, 3.8) is 0 Å². The fraction of sp³-hybridized carbons (Fsp3) is 0.370. The number of fused-ring (bicyclic) bond motifs is 1. The number of ether oxygens (including phenoxy) is 1. The van der Waals surface area contributed by atoms with Gasteiger partial charge in [-0.2, -0.15) is 0 Å². The average Bonchev–Trinajstić information content (AvgIpc) is 3.22. The second-order valence-electron chi connectivity index (χ2n) is 9.85. The first-order valence-corrected chi connectivity index (χ1v) is 12.8. The maximum Gasteiger partial charge on any atom is 0.335 e. The van der Waals surface area contributed by atoms with Crippen molar-refractivity contribution in [3.8, 4) is 17.2 Å².